The Hall–Kier alpha value is -2.50. The molecule has 6 nitrogen and oxygen atoms in total. The molecule has 0 unspecified atom stereocenters. The first-order chi connectivity index (χ1) is 13.6. The Morgan fingerprint density at radius 2 is 2.07 bits per heavy atom. The molecule has 1 N–H and O–H groups in total. The molecule has 3 heterocycles. The standard InChI is InChI=1S/C22H29N5O/c1-15-7-10-27(11-8-15)22-24-14-19-12-17(5-6-20(19)26-22)21(28)25-16(2)18-4-3-9-23-13-18/h3-4,9,13-17H,5-8,10-12H2,1-2H3,(H,25,28)/t16-,17+/m0/s1. The lowest BCUT2D eigenvalue weighted by Gasteiger charge is -2.31. The van der Waals surface area contributed by atoms with E-state index in [4.69, 9.17) is 4.98 Å². The highest BCUT2D eigenvalue weighted by Crippen LogP contribution is 2.27. The van der Waals surface area contributed by atoms with Crippen LogP contribution in [0.15, 0.2) is 30.7 Å². The summed E-state index contributed by atoms with van der Waals surface area (Å²) >= 11 is 0. The molecule has 2 aliphatic rings. The van der Waals surface area contributed by atoms with Gasteiger partial charge in [-0.1, -0.05) is 13.0 Å². The normalized spacial score (nSPS) is 21.1. The third-order valence-corrected chi connectivity index (χ3v) is 6.12. The Morgan fingerprint density at radius 3 is 2.82 bits per heavy atom. The molecule has 28 heavy (non-hydrogen) atoms. The van der Waals surface area contributed by atoms with Gasteiger partial charge in [0, 0.05) is 43.3 Å². The highest BCUT2D eigenvalue weighted by atomic mass is 16.1. The number of nitrogens with zero attached hydrogens (tertiary/aromatic N) is 4. The van der Waals surface area contributed by atoms with E-state index in [1.807, 2.05) is 25.3 Å². The van der Waals surface area contributed by atoms with Gasteiger partial charge in [-0.3, -0.25) is 9.78 Å². The third-order valence-electron chi connectivity index (χ3n) is 6.12. The zero-order valence-electron chi connectivity index (χ0n) is 16.8. The summed E-state index contributed by atoms with van der Waals surface area (Å²) in [7, 11) is 0. The lowest BCUT2D eigenvalue weighted by atomic mass is 9.86. The average molecular weight is 380 g/mol. The summed E-state index contributed by atoms with van der Waals surface area (Å²) in [5.74, 6) is 1.74. The van der Waals surface area contributed by atoms with E-state index in [0.29, 0.717) is 0 Å². The summed E-state index contributed by atoms with van der Waals surface area (Å²) in [6.45, 7) is 6.39. The molecule has 1 aliphatic carbocycles. The first-order valence-corrected chi connectivity index (χ1v) is 10.4. The number of amides is 1. The van der Waals surface area contributed by atoms with Crippen LogP contribution in [-0.2, 0) is 17.6 Å². The van der Waals surface area contributed by atoms with Gasteiger partial charge in [0.05, 0.1) is 6.04 Å². The van der Waals surface area contributed by atoms with Crippen molar-refractivity contribution in [1.82, 2.24) is 20.3 Å². The van der Waals surface area contributed by atoms with Crippen LogP contribution >= 0.6 is 0 Å². The fourth-order valence-corrected chi connectivity index (χ4v) is 4.13. The summed E-state index contributed by atoms with van der Waals surface area (Å²) in [6.07, 6.45) is 10.3. The number of piperidine rings is 1. The van der Waals surface area contributed by atoms with Gasteiger partial charge in [0.15, 0.2) is 0 Å². The third kappa shape index (κ3) is 4.16. The number of aromatic nitrogens is 3. The Morgan fingerprint density at radius 1 is 1.25 bits per heavy atom. The van der Waals surface area contributed by atoms with Crippen molar-refractivity contribution in [2.45, 2.75) is 52.0 Å². The van der Waals surface area contributed by atoms with E-state index in [-0.39, 0.29) is 17.9 Å². The molecule has 0 spiro atoms. The fraction of sp³-hybridized carbons (Fsp3) is 0.545. The van der Waals surface area contributed by atoms with Gasteiger partial charge in [0.25, 0.3) is 0 Å². The fourth-order valence-electron chi connectivity index (χ4n) is 4.13. The van der Waals surface area contributed by atoms with Crippen LogP contribution in [0.3, 0.4) is 0 Å². The molecule has 2 aromatic heterocycles. The van der Waals surface area contributed by atoms with Crippen molar-refractivity contribution in [3.8, 4) is 0 Å². The van der Waals surface area contributed by atoms with E-state index >= 15 is 0 Å². The van der Waals surface area contributed by atoms with Crippen molar-refractivity contribution >= 4 is 11.9 Å². The van der Waals surface area contributed by atoms with Gasteiger partial charge in [-0.15, -0.1) is 0 Å². The molecule has 0 aromatic carbocycles. The maximum Gasteiger partial charge on any atom is 0.225 e. The predicted octanol–water partition coefficient (Wildman–Crippen LogP) is 3.09. The van der Waals surface area contributed by atoms with Crippen LogP contribution < -0.4 is 10.2 Å². The lowest BCUT2D eigenvalue weighted by molar-refractivity contribution is -0.126. The summed E-state index contributed by atoms with van der Waals surface area (Å²) in [6, 6.07) is 3.85. The molecule has 2 atom stereocenters. The highest BCUT2D eigenvalue weighted by Gasteiger charge is 2.28. The Labute approximate surface area is 166 Å². The van der Waals surface area contributed by atoms with Crippen LogP contribution in [0.2, 0.25) is 0 Å². The monoisotopic (exact) mass is 379 g/mol. The maximum atomic E-state index is 12.8. The molecule has 1 amide bonds. The van der Waals surface area contributed by atoms with Gasteiger partial charge in [-0.25, -0.2) is 9.97 Å². The number of hydrogen-bond donors (Lipinski definition) is 1. The zero-order chi connectivity index (χ0) is 19.5. The maximum absolute atomic E-state index is 12.8. The minimum atomic E-state index is -0.0392. The van der Waals surface area contributed by atoms with Crippen LogP contribution in [-0.4, -0.2) is 33.9 Å². The average Bonchev–Trinajstić information content (AvgIpc) is 2.74. The summed E-state index contributed by atoms with van der Waals surface area (Å²) < 4.78 is 0. The molecule has 6 heteroatoms. The lowest BCUT2D eigenvalue weighted by Crippen LogP contribution is -2.37. The van der Waals surface area contributed by atoms with Gasteiger partial charge in [0.1, 0.15) is 0 Å². The molecule has 1 fully saturated rings. The predicted molar refractivity (Wildman–Crippen MR) is 109 cm³/mol. The van der Waals surface area contributed by atoms with E-state index in [0.717, 1.165) is 61.0 Å². The first-order valence-electron chi connectivity index (χ1n) is 10.4. The van der Waals surface area contributed by atoms with Crippen LogP contribution in [0.5, 0.6) is 0 Å². The number of fused-ring (bicyclic) bond motifs is 1. The summed E-state index contributed by atoms with van der Waals surface area (Å²) in [5.41, 5.74) is 3.26. The van der Waals surface area contributed by atoms with Crippen LogP contribution in [0, 0.1) is 11.8 Å². The molecule has 148 valence electrons. The molecule has 1 aliphatic heterocycles. The van der Waals surface area contributed by atoms with Crippen molar-refractivity contribution < 1.29 is 4.79 Å². The summed E-state index contributed by atoms with van der Waals surface area (Å²) in [4.78, 5) is 28.6. The van der Waals surface area contributed by atoms with Gasteiger partial charge < -0.3 is 10.2 Å². The van der Waals surface area contributed by atoms with E-state index < -0.39 is 0 Å². The number of pyridine rings is 1. The Balaban J connectivity index is 1.38. The van der Waals surface area contributed by atoms with Gasteiger partial charge >= 0.3 is 0 Å². The minimum absolute atomic E-state index is 0.0168. The number of aryl methyl sites for hydroxylation is 1. The van der Waals surface area contributed by atoms with Gasteiger partial charge in [0.2, 0.25) is 11.9 Å². The zero-order valence-corrected chi connectivity index (χ0v) is 16.8. The van der Waals surface area contributed by atoms with Crippen molar-refractivity contribution in [3.63, 3.8) is 0 Å². The largest absolute Gasteiger partial charge is 0.349 e. The SMILES string of the molecule is CC1CCN(c2ncc3c(n2)CC[C@@H](C(=O)N[C@@H](C)c2cccnc2)C3)CC1. The van der Waals surface area contributed by atoms with E-state index in [2.05, 4.69) is 27.1 Å². The topological polar surface area (TPSA) is 71.0 Å². The second kappa shape index (κ2) is 8.25. The first kappa shape index (κ1) is 18.8. The number of rotatable bonds is 4. The number of anilines is 1. The van der Waals surface area contributed by atoms with Crippen molar-refractivity contribution in [3.05, 3.63) is 47.5 Å². The highest BCUT2D eigenvalue weighted by molar-refractivity contribution is 5.79. The smallest absolute Gasteiger partial charge is 0.225 e. The minimum Gasteiger partial charge on any atom is -0.349 e. The van der Waals surface area contributed by atoms with Crippen molar-refractivity contribution in [2.24, 2.45) is 11.8 Å². The quantitative estimate of drug-likeness (QED) is 0.884. The Kier molecular flexibility index (Phi) is 5.55. The van der Waals surface area contributed by atoms with Crippen LogP contribution in [0.1, 0.15) is 56.0 Å². The van der Waals surface area contributed by atoms with Gasteiger partial charge in [-0.05, 0) is 62.1 Å². The summed E-state index contributed by atoms with van der Waals surface area (Å²) in [5, 5.41) is 3.14. The molecule has 2 aromatic rings. The second-order valence-corrected chi connectivity index (χ2v) is 8.27. The van der Waals surface area contributed by atoms with E-state index in [9.17, 15) is 4.79 Å². The molecule has 0 bridgehead atoms. The molecular formula is C22H29N5O. The molecule has 0 radical (unpaired) electrons. The number of nitrogens with one attached hydrogen (secondary N) is 1. The van der Waals surface area contributed by atoms with Crippen LogP contribution in [0.25, 0.3) is 0 Å². The molecule has 0 saturated carbocycles. The van der Waals surface area contributed by atoms with Crippen molar-refractivity contribution in [2.75, 3.05) is 18.0 Å². The Bertz CT molecular complexity index is 817. The number of hydrogen-bond acceptors (Lipinski definition) is 5. The molecule has 4 rings (SSSR count). The van der Waals surface area contributed by atoms with E-state index in [1.54, 1.807) is 12.4 Å². The molecular weight excluding hydrogens is 350 g/mol. The molecule has 1 saturated heterocycles. The second-order valence-electron chi connectivity index (χ2n) is 8.27. The van der Waals surface area contributed by atoms with E-state index in [1.165, 1.54) is 12.8 Å². The van der Waals surface area contributed by atoms with Gasteiger partial charge in [-0.2, -0.15) is 0 Å². The number of carbonyl (C=O) groups excluding carboxylic acids is 1. The van der Waals surface area contributed by atoms with Crippen molar-refractivity contribution in [1.29, 1.82) is 0 Å². The van der Waals surface area contributed by atoms with Crippen LogP contribution in [0.4, 0.5) is 5.95 Å². The number of carbonyl (C=O) groups is 1.